The predicted molar refractivity (Wildman–Crippen MR) is 128 cm³/mol. The molecular weight excluding hydrogens is 380 g/mol. The van der Waals surface area contributed by atoms with E-state index in [2.05, 4.69) is 89.4 Å². The molecule has 1 saturated heterocycles. The number of rotatable bonds is 8. The van der Waals surface area contributed by atoms with Gasteiger partial charge in [-0.15, -0.1) is 0 Å². The SMILES string of the molecule is CC(C)C(C#N)(CCCN1CCN(Cc2c[nH]c3ccccc23)CC1)c1ccccc1. The first kappa shape index (κ1) is 21.6. The molecule has 0 radical (unpaired) electrons. The number of fused-ring (bicyclic) bond motifs is 1. The van der Waals surface area contributed by atoms with Gasteiger partial charge in [0.05, 0.1) is 11.5 Å². The largest absolute Gasteiger partial charge is 0.361 e. The Kier molecular flexibility index (Phi) is 6.75. The highest BCUT2D eigenvalue weighted by Gasteiger charge is 2.35. The zero-order valence-electron chi connectivity index (χ0n) is 18.8. The van der Waals surface area contributed by atoms with Crippen molar-refractivity contribution in [3.05, 3.63) is 71.9 Å². The number of piperazine rings is 1. The highest BCUT2D eigenvalue weighted by molar-refractivity contribution is 5.82. The second-order valence-electron chi connectivity index (χ2n) is 9.18. The Morgan fingerprint density at radius 2 is 1.65 bits per heavy atom. The molecule has 1 aliphatic heterocycles. The minimum Gasteiger partial charge on any atom is -0.361 e. The van der Waals surface area contributed by atoms with Crippen molar-refractivity contribution in [3.8, 4) is 6.07 Å². The highest BCUT2D eigenvalue weighted by atomic mass is 15.3. The molecule has 0 bridgehead atoms. The van der Waals surface area contributed by atoms with Crippen molar-refractivity contribution in [2.75, 3.05) is 32.7 Å². The molecule has 1 atom stereocenters. The average Bonchev–Trinajstić information content (AvgIpc) is 3.21. The maximum absolute atomic E-state index is 10.1. The topological polar surface area (TPSA) is 46.1 Å². The number of aromatic nitrogens is 1. The number of hydrogen-bond donors (Lipinski definition) is 1. The minimum atomic E-state index is -0.390. The summed E-state index contributed by atoms with van der Waals surface area (Å²) >= 11 is 0. The van der Waals surface area contributed by atoms with Gasteiger partial charge in [-0.2, -0.15) is 5.26 Å². The van der Waals surface area contributed by atoms with Gasteiger partial charge in [0.25, 0.3) is 0 Å². The Balaban J connectivity index is 1.28. The lowest BCUT2D eigenvalue weighted by Gasteiger charge is -2.36. The van der Waals surface area contributed by atoms with Crippen molar-refractivity contribution < 1.29 is 0 Å². The zero-order valence-corrected chi connectivity index (χ0v) is 18.8. The van der Waals surface area contributed by atoms with Gasteiger partial charge in [-0.25, -0.2) is 0 Å². The lowest BCUT2D eigenvalue weighted by molar-refractivity contribution is 0.124. The van der Waals surface area contributed by atoms with Crippen LogP contribution in [0.4, 0.5) is 0 Å². The smallest absolute Gasteiger partial charge is 0.0845 e. The lowest BCUT2D eigenvalue weighted by Crippen LogP contribution is -2.46. The molecule has 0 saturated carbocycles. The van der Waals surface area contributed by atoms with Gasteiger partial charge >= 0.3 is 0 Å². The van der Waals surface area contributed by atoms with Crippen molar-refractivity contribution >= 4 is 10.9 Å². The summed E-state index contributed by atoms with van der Waals surface area (Å²) in [4.78, 5) is 8.52. The molecule has 1 aliphatic rings. The highest BCUT2D eigenvalue weighted by Crippen LogP contribution is 2.36. The fourth-order valence-corrected chi connectivity index (χ4v) is 5.01. The van der Waals surface area contributed by atoms with E-state index in [0.29, 0.717) is 5.92 Å². The number of H-pyrrole nitrogens is 1. The summed E-state index contributed by atoms with van der Waals surface area (Å²) < 4.78 is 0. The quantitative estimate of drug-likeness (QED) is 0.552. The number of hydrogen-bond acceptors (Lipinski definition) is 3. The van der Waals surface area contributed by atoms with Crippen molar-refractivity contribution in [1.29, 1.82) is 5.26 Å². The van der Waals surface area contributed by atoms with Gasteiger partial charge in [0.2, 0.25) is 0 Å². The Hall–Kier alpha value is -2.61. The third-order valence-electron chi connectivity index (χ3n) is 7.05. The van der Waals surface area contributed by atoms with E-state index in [4.69, 9.17) is 0 Å². The molecule has 2 aromatic carbocycles. The number of nitrogens with one attached hydrogen (secondary N) is 1. The van der Waals surface area contributed by atoms with Gasteiger partial charge in [-0.05, 0) is 42.5 Å². The Labute approximate surface area is 186 Å². The van der Waals surface area contributed by atoms with E-state index < -0.39 is 5.41 Å². The first-order valence-corrected chi connectivity index (χ1v) is 11.6. The number of nitriles is 1. The van der Waals surface area contributed by atoms with E-state index in [1.54, 1.807) is 0 Å². The molecule has 4 rings (SSSR count). The summed E-state index contributed by atoms with van der Waals surface area (Å²) in [6.45, 7) is 10.9. The van der Waals surface area contributed by atoms with Gasteiger partial charge in [0, 0.05) is 49.8 Å². The second kappa shape index (κ2) is 9.68. The molecule has 1 unspecified atom stereocenters. The molecule has 0 aliphatic carbocycles. The molecule has 4 nitrogen and oxygen atoms in total. The number of para-hydroxylation sites is 1. The Bertz CT molecular complexity index is 1010. The van der Waals surface area contributed by atoms with E-state index in [-0.39, 0.29) is 0 Å². The molecule has 162 valence electrons. The summed E-state index contributed by atoms with van der Waals surface area (Å²) in [5, 5.41) is 11.4. The van der Waals surface area contributed by atoms with Crippen LogP contribution in [0.5, 0.6) is 0 Å². The van der Waals surface area contributed by atoms with Crippen LogP contribution in [0.25, 0.3) is 10.9 Å². The molecular formula is C27H34N4. The van der Waals surface area contributed by atoms with Gasteiger partial charge in [-0.1, -0.05) is 62.4 Å². The fraction of sp³-hybridized carbons (Fsp3) is 0.444. The van der Waals surface area contributed by atoms with Gasteiger partial charge in [0.15, 0.2) is 0 Å². The van der Waals surface area contributed by atoms with Crippen LogP contribution in [0.3, 0.4) is 0 Å². The summed E-state index contributed by atoms with van der Waals surface area (Å²) in [6.07, 6.45) is 4.14. The maximum Gasteiger partial charge on any atom is 0.0845 e. The standard InChI is InChI=1S/C27H34N4/c1-22(2)27(21-28,24-9-4-3-5-10-24)13-8-14-30-15-17-31(18-16-30)20-23-19-29-26-12-7-6-11-25(23)26/h3-7,9-12,19,22,29H,8,13-18,20H2,1-2H3. The minimum absolute atomic E-state index is 0.299. The number of aromatic amines is 1. The van der Waals surface area contributed by atoms with Crippen LogP contribution in [0.1, 0.15) is 37.8 Å². The summed E-state index contributed by atoms with van der Waals surface area (Å²) in [5.74, 6) is 0.299. The van der Waals surface area contributed by atoms with Crippen LogP contribution < -0.4 is 0 Å². The normalized spacial score (nSPS) is 17.6. The summed E-state index contributed by atoms with van der Waals surface area (Å²) in [6, 6.07) is 21.6. The first-order valence-electron chi connectivity index (χ1n) is 11.6. The maximum atomic E-state index is 10.1. The van der Waals surface area contributed by atoms with Crippen molar-refractivity contribution in [1.82, 2.24) is 14.8 Å². The predicted octanol–water partition coefficient (Wildman–Crippen LogP) is 5.18. The van der Waals surface area contributed by atoms with Crippen LogP contribution in [0, 0.1) is 17.2 Å². The Morgan fingerprint density at radius 3 is 2.35 bits per heavy atom. The molecule has 0 amide bonds. The number of benzene rings is 2. The second-order valence-corrected chi connectivity index (χ2v) is 9.18. The van der Waals surface area contributed by atoms with E-state index in [0.717, 1.165) is 57.7 Å². The third-order valence-corrected chi connectivity index (χ3v) is 7.05. The third kappa shape index (κ3) is 4.69. The summed E-state index contributed by atoms with van der Waals surface area (Å²) in [7, 11) is 0. The van der Waals surface area contributed by atoms with E-state index >= 15 is 0 Å². The molecule has 31 heavy (non-hydrogen) atoms. The lowest BCUT2D eigenvalue weighted by atomic mass is 9.70. The summed E-state index contributed by atoms with van der Waals surface area (Å²) in [5.41, 5.74) is 3.39. The van der Waals surface area contributed by atoms with Crippen LogP contribution in [-0.2, 0) is 12.0 Å². The fourth-order valence-electron chi connectivity index (χ4n) is 5.01. The monoisotopic (exact) mass is 414 g/mol. The van der Waals surface area contributed by atoms with Crippen molar-refractivity contribution in [2.45, 2.75) is 38.6 Å². The van der Waals surface area contributed by atoms with Gasteiger partial charge in [-0.3, -0.25) is 4.90 Å². The zero-order chi connectivity index (χ0) is 21.7. The molecule has 0 spiro atoms. The molecule has 4 heteroatoms. The van der Waals surface area contributed by atoms with Gasteiger partial charge in [0.1, 0.15) is 0 Å². The number of nitrogens with zero attached hydrogens (tertiary/aromatic N) is 3. The van der Waals surface area contributed by atoms with Crippen molar-refractivity contribution in [2.24, 2.45) is 5.92 Å². The van der Waals surface area contributed by atoms with Crippen LogP contribution in [0.2, 0.25) is 0 Å². The van der Waals surface area contributed by atoms with Gasteiger partial charge < -0.3 is 9.88 Å². The van der Waals surface area contributed by atoms with Crippen LogP contribution in [0.15, 0.2) is 60.8 Å². The molecule has 2 heterocycles. The van der Waals surface area contributed by atoms with Crippen molar-refractivity contribution in [3.63, 3.8) is 0 Å². The van der Waals surface area contributed by atoms with E-state index in [9.17, 15) is 5.26 Å². The first-order chi connectivity index (χ1) is 15.1. The molecule has 1 fully saturated rings. The molecule has 1 N–H and O–H groups in total. The Morgan fingerprint density at radius 1 is 0.968 bits per heavy atom. The van der Waals surface area contributed by atoms with Crippen LogP contribution in [-0.4, -0.2) is 47.5 Å². The molecule has 1 aromatic heterocycles. The molecule has 3 aromatic rings. The van der Waals surface area contributed by atoms with E-state index in [1.165, 1.54) is 16.5 Å². The van der Waals surface area contributed by atoms with Crippen LogP contribution >= 0.6 is 0 Å². The average molecular weight is 415 g/mol. The van der Waals surface area contributed by atoms with E-state index in [1.807, 2.05) is 6.07 Å².